The standard InChI is InChI=1S/C18H25N5O2.ClH/c1-13-4-2-9-23-16(24)10-15(21-17(13)23)12-22-8-3-5-14(11-22)18(25)20-7-6-19;/h2,4,9-10,14H,3,5-8,11-12,19H2,1H3,(H,20,25);1H. The van der Waals surface area contributed by atoms with Crippen LogP contribution in [0.3, 0.4) is 0 Å². The molecule has 0 saturated carbocycles. The number of amides is 1. The third-order valence-corrected chi connectivity index (χ3v) is 4.64. The van der Waals surface area contributed by atoms with Gasteiger partial charge in [-0.1, -0.05) is 6.07 Å². The van der Waals surface area contributed by atoms with Crippen LogP contribution in [-0.2, 0) is 11.3 Å². The van der Waals surface area contributed by atoms with E-state index in [1.165, 1.54) is 0 Å². The van der Waals surface area contributed by atoms with Crippen LogP contribution < -0.4 is 16.6 Å². The topological polar surface area (TPSA) is 92.7 Å². The fourth-order valence-corrected chi connectivity index (χ4v) is 3.37. The second-order valence-corrected chi connectivity index (χ2v) is 6.62. The Morgan fingerprint density at radius 2 is 2.27 bits per heavy atom. The number of pyridine rings is 1. The monoisotopic (exact) mass is 379 g/mol. The quantitative estimate of drug-likeness (QED) is 0.798. The molecule has 0 aromatic carbocycles. The van der Waals surface area contributed by atoms with E-state index < -0.39 is 0 Å². The highest BCUT2D eigenvalue weighted by atomic mass is 35.5. The van der Waals surface area contributed by atoms with Crippen LogP contribution >= 0.6 is 12.4 Å². The molecular formula is C18H26ClN5O2. The summed E-state index contributed by atoms with van der Waals surface area (Å²) >= 11 is 0. The Morgan fingerprint density at radius 1 is 1.46 bits per heavy atom. The number of aryl methyl sites for hydroxylation is 1. The lowest BCUT2D eigenvalue weighted by Gasteiger charge is -2.31. The molecule has 1 saturated heterocycles. The highest BCUT2D eigenvalue weighted by Crippen LogP contribution is 2.18. The van der Waals surface area contributed by atoms with Gasteiger partial charge in [-0.3, -0.25) is 18.9 Å². The van der Waals surface area contributed by atoms with E-state index in [9.17, 15) is 9.59 Å². The summed E-state index contributed by atoms with van der Waals surface area (Å²) in [6.07, 6.45) is 3.59. The summed E-state index contributed by atoms with van der Waals surface area (Å²) in [5.74, 6) is 0.0427. The molecule has 0 radical (unpaired) electrons. The smallest absolute Gasteiger partial charge is 0.258 e. The molecular weight excluding hydrogens is 354 g/mol. The molecule has 7 nitrogen and oxygen atoms in total. The van der Waals surface area contributed by atoms with Crippen LogP contribution in [0.1, 0.15) is 24.1 Å². The van der Waals surface area contributed by atoms with E-state index in [4.69, 9.17) is 5.73 Å². The number of piperidine rings is 1. The maximum atomic E-state index is 12.3. The first-order valence-electron chi connectivity index (χ1n) is 8.76. The van der Waals surface area contributed by atoms with E-state index in [0.717, 1.165) is 30.6 Å². The summed E-state index contributed by atoms with van der Waals surface area (Å²) in [5, 5.41) is 2.87. The molecule has 3 rings (SSSR count). The van der Waals surface area contributed by atoms with Crippen molar-refractivity contribution in [1.82, 2.24) is 19.6 Å². The van der Waals surface area contributed by atoms with Crippen molar-refractivity contribution >= 4 is 24.0 Å². The second kappa shape index (κ2) is 9.12. The number of rotatable bonds is 5. The molecule has 26 heavy (non-hydrogen) atoms. The van der Waals surface area contributed by atoms with Gasteiger partial charge in [0.15, 0.2) is 0 Å². The summed E-state index contributed by atoms with van der Waals surface area (Å²) in [7, 11) is 0. The number of nitrogens with two attached hydrogens (primary N) is 1. The van der Waals surface area contributed by atoms with Gasteiger partial charge in [0.25, 0.3) is 5.56 Å². The molecule has 142 valence electrons. The minimum atomic E-state index is -0.0713. The predicted molar refractivity (Wildman–Crippen MR) is 104 cm³/mol. The van der Waals surface area contributed by atoms with Crippen molar-refractivity contribution in [2.75, 3.05) is 26.2 Å². The number of carbonyl (C=O) groups excluding carboxylic acids is 1. The van der Waals surface area contributed by atoms with Crippen LogP contribution in [0.4, 0.5) is 0 Å². The van der Waals surface area contributed by atoms with Crippen LogP contribution in [0.15, 0.2) is 29.2 Å². The van der Waals surface area contributed by atoms with Crippen molar-refractivity contribution in [2.24, 2.45) is 11.7 Å². The average molecular weight is 380 g/mol. The molecule has 1 aliphatic heterocycles. The van der Waals surface area contributed by atoms with Crippen molar-refractivity contribution in [3.63, 3.8) is 0 Å². The zero-order valence-corrected chi connectivity index (χ0v) is 15.8. The number of aromatic nitrogens is 2. The van der Waals surface area contributed by atoms with Gasteiger partial charge in [-0.25, -0.2) is 4.98 Å². The van der Waals surface area contributed by atoms with Crippen molar-refractivity contribution in [3.05, 3.63) is 46.0 Å². The molecule has 1 amide bonds. The molecule has 8 heteroatoms. The Kier molecular flexibility index (Phi) is 7.14. The molecule has 3 heterocycles. The van der Waals surface area contributed by atoms with E-state index in [0.29, 0.717) is 31.8 Å². The fraction of sp³-hybridized carbons (Fsp3) is 0.500. The largest absolute Gasteiger partial charge is 0.355 e. The van der Waals surface area contributed by atoms with Gasteiger partial charge in [0.2, 0.25) is 5.91 Å². The van der Waals surface area contributed by atoms with Crippen LogP contribution in [0.5, 0.6) is 0 Å². The average Bonchev–Trinajstić information content (AvgIpc) is 2.61. The number of likely N-dealkylation sites (tertiary alicyclic amines) is 1. The minimum Gasteiger partial charge on any atom is -0.355 e. The number of carbonyl (C=O) groups is 1. The molecule has 1 atom stereocenters. The molecule has 3 N–H and O–H groups in total. The van der Waals surface area contributed by atoms with Gasteiger partial charge >= 0.3 is 0 Å². The SMILES string of the molecule is Cc1cccn2c(=O)cc(CN3CCCC(C(=O)NCCN)C3)nc12.Cl. The summed E-state index contributed by atoms with van der Waals surface area (Å²) in [5.41, 5.74) is 7.79. The Bertz CT molecular complexity index is 823. The van der Waals surface area contributed by atoms with Gasteiger partial charge in [0.1, 0.15) is 5.65 Å². The first kappa shape index (κ1) is 20.4. The predicted octanol–water partition coefficient (Wildman–Crippen LogP) is 0.712. The lowest BCUT2D eigenvalue weighted by molar-refractivity contribution is -0.126. The molecule has 1 aliphatic rings. The van der Waals surface area contributed by atoms with Crippen molar-refractivity contribution in [1.29, 1.82) is 0 Å². The van der Waals surface area contributed by atoms with Gasteiger partial charge in [0.05, 0.1) is 11.6 Å². The zero-order valence-electron chi connectivity index (χ0n) is 15.0. The summed E-state index contributed by atoms with van der Waals surface area (Å²) in [4.78, 5) is 31.3. The maximum absolute atomic E-state index is 12.3. The Morgan fingerprint density at radius 3 is 3.04 bits per heavy atom. The van der Waals surface area contributed by atoms with Gasteiger partial charge in [-0.2, -0.15) is 0 Å². The first-order chi connectivity index (χ1) is 12.1. The lowest BCUT2D eigenvalue weighted by Crippen LogP contribution is -2.43. The maximum Gasteiger partial charge on any atom is 0.258 e. The second-order valence-electron chi connectivity index (χ2n) is 6.62. The summed E-state index contributed by atoms with van der Waals surface area (Å²) in [6.45, 7) is 5.09. The number of nitrogens with zero attached hydrogens (tertiary/aromatic N) is 3. The molecule has 0 aliphatic carbocycles. The van der Waals surface area contributed by atoms with E-state index in [2.05, 4.69) is 15.2 Å². The third-order valence-electron chi connectivity index (χ3n) is 4.64. The Hall–Kier alpha value is -1.96. The van der Waals surface area contributed by atoms with Crippen LogP contribution in [0.25, 0.3) is 5.65 Å². The van der Waals surface area contributed by atoms with Gasteiger partial charge in [-0.05, 0) is 37.9 Å². The number of nitrogens with one attached hydrogen (secondary N) is 1. The van der Waals surface area contributed by atoms with Gasteiger partial charge in [0, 0.05) is 38.4 Å². The minimum absolute atomic E-state index is 0. The summed E-state index contributed by atoms with van der Waals surface area (Å²) in [6, 6.07) is 5.38. The zero-order chi connectivity index (χ0) is 17.8. The normalized spacial score (nSPS) is 17.7. The molecule has 1 fully saturated rings. The fourth-order valence-electron chi connectivity index (χ4n) is 3.37. The van der Waals surface area contributed by atoms with Crippen LogP contribution in [0.2, 0.25) is 0 Å². The molecule has 2 aromatic rings. The van der Waals surface area contributed by atoms with E-state index in [1.54, 1.807) is 16.7 Å². The number of fused-ring (bicyclic) bond motifs is 1. The molecule has 1 unspecified atom stereocenters. The van der Waals surface area contributed by atoms with Crippen molar-refractivity contribution in [2.45, 2.75) is 26.3 Å². The number of hydrogen-bond donors (Lipinski definition) is 2. The van der Waals surface area contributed by atoms with Crippen LogP contribution in [0, 0.1) is 12.8 Å². The van der Waals surface area contributed by atoms with E-state index in [-0.39, 0.29) is 29.8 Å². The highest BCUT2D eigenvalue weighted by Gasteiger charge is 2.25. The first-order valence-corrected chi connectivity index (χ1v) is 8.76. The molecule has 0 spiro atoms. The molecule has 0 bridgehead atoms. The lowest BCUT2D eigenvalue weighted by atomic mass is 9.97. The third kappa shape index (κ3) is 4.60. The highest BCUT2D eigenvalue weighted by molar-refractivity contribution is 5.85. The van der Waals surface area contributed by atoms with Gasteiger partial charge < -0.3 is 11.1 Å². The van der Waals surface area contributed by atoms with Crippen molar-refractivity contribution in [3.8, 4) is 0 Å². The summed E-state index contributed by atoms with van der Waals surface area (Å²) < 4.78 is 1.57. The Balaban J connectivity index is 0.00000243. The number of hydrogen-bond acceptors (Lipinski definition) is 5. The van der Waals surface area contributed by atoms with E-state index in [1.807, 2.05) is 19.1 Å². The molecule has 2 aromatic heterocycles. The van der Waals surface area contributed by atoms with Gasteiger partial charge in [-0.15, -0.1) is 12.4 Å². The van der Waals surface area contributed by atoms with Crippen molar-refractivity contribution < 1.29 is 4.79 Å². The van der Waals surface area contributed by atoms with E-state index >= 15 is 0 Å². The Labute approximate surface area is 159 Å². The number of halogens is 1. The van der Waals surface area contributed by atoms with Crippen LogP contribution in [-0.4, -0.2) is 46.4 Å².